The van der Waals surface area contributed by atoms with Crippen LogP contribution in [0.15, 0.2) is 52.3 Å². The van der Waals surface area contributed by atoms with E-state index in [9.17, 15) is 21.6 Å². The summed E-state index contributed by atoms with van der Waals surface area (Å²) < 4.78 is 65.4. The van der Waals surface area contributed by atoms with Gasteiger partial charge in [0, 0.05) is 31.9 Å². The Morgan fingerprint density at radius 3 is 1.97 bits per heavy atom. The SMILES string of the molecule is COc1ccc(S(=O)(=O)N2CCOCC2)cc1C(=O)Nc1ccc(S(=O)(=O)N2CCCCCC2)cc1. The molecule has 0 aliphatic carbocycles. The Balaban J connectivity index is 1.53. The summed E-state index contributed by atoms with van der Waals surface area (Å²) in [5.41, 5.74) is 0.423. The number of carbonyl (C=O) groups excluding carboxylic acids is 1. The first kappa shape index (κ1) is 26.6. The van der Waals surface area contributed by atoms with E-state index >= 15 is 0 Å². The molecule has 0 spiro atoms. The van der Waals surface area contributed by atoms with Crippen molar-refractivity contribution in [1.29, 1.82) is 0 Å². The van der Waals surface area contributed by atoms with Crippen LogP contribution in [0.5, 0.6) is 5.75 Å². The van der Waals surface area contributed by atoms with Crippen molar-refractivity contribution in [3.63, 3.8) is 0 Å². The Kier molecular flexibility index (Phi) is 8.30. The molecule has 0 radical (unpaired) electrons. The van der Waals surface area contributed by atoms with E-state index in [0.29, 0.717) is 32.0 Å². The summed E-state index contributed by atoms with van der Waals surface area (Å²) in [7, 11) is -6.02. The molecular formula is C24H31N3O7S2. The van der Waals surface area contributed by atoms with Gasteiger partial charge in [0.05, 0.1) is 35.7 Å². The Bertz CT molecular complexity index is 1280. The van der Waals surface area contributed by atoms with Gasteiger partial charge < -0.3 is 14.8 Å². The second kappa shape index (κ2) is 11.3. The summed E-state index contributed by atoms with van der Waals surface area (Å²) >= 11 is 0. The zero-order valence-electron chi connectivity index (χ0n) is 20.2. The summed E-state index contributed by atoms with van der Waals surface area (Å²) in [5, 5.41) is 2.70. The topological polar surface area (TPSA) is 122 Å². The van der Waals surface area contributed by atoms with Crippen LogP contribution in [0.3, 0.4) is 0 Å². The molecule has 2 aromatic carbocycles. The quantitative estimate of drug-likeness (QED) is 0.576. The van der Waals surface area contributed by atoms with Crippen LogP contribution in [-0.4, -0.2) is 77.9 Å². The summed E-state index contributed by atoms with van der Waals surface area (Å²) in [6.45, 7) is 2.11. The van der Waals surface area contributed by atoms with Crippen LogP contribution in [0.4, 0.5) is 5.69 Å². The molecule has 0 bridgehead atoms. The highest BCUT2D eigenvalue weighted by atomic mass is 32.2. The van der Waals surface area contributed by atoms with Crippen LogP contribution < -0.4 is 10.1 Å². The van der Waals surface area contributed by atoms with Gasteiger partial charge >= 0.3 is 0 Å². The van der Waals surface area contributed by atoms with Crippen LogP contribution in [0.25, 0.3) is 0 Å². The van der Waals surface area contributed by atoms with Gasteiger partial charge in [-0.3, -0.25) is 4.79 Å². The van der Waals surface area contributed by atoms with Gasteiger partial charge in [0.1, 0.15) is 5.75 Å². The second-order valence-electron chi connectivity index (χ2n) is 8.68. The number of amides is 1. The molecule has 2 fully saturated rings. The molecule has 1 amide bonds. The number of anilines is 1. The van der Waals surface area contributed by atoms with E-state index in [4.69, 9.17) is 9.47 Å². The molecule has 4 rings (SSSR count). The number of ether oxygens (including phenoxy) is 2. The highest BCUT2D eigenvalue weighted by Gasteiger charge is 2.28. The molecule has 2 aliphatic heterocycles. The lowest BCUT2D eigenvalue weighted by Gasteiger charge is -2.26. The largest absolute Gasteiger partial charge is 0.496 e. The van der Waals surface area contributed by atoms with E-state index in [0.717, 1.165) is 25.7 Å². The first-order chi connectivity index (χ1) is 17.2. The van der Waals surface area contributed by atoms with Crippen molar-refractivity contribution in [2.24, 2.45) is 0 Å². The van der Waals surface area contributed by atoms with Crippen molar-refractivity contribution >= 4 is 31.6 Å². The third-order valence-corrected chi connectivity index (χ3v) is 10.1. The van der Waals surface area contributed by atoms with Gasteiger partial charge in [-0.2, -0.15) is 8.61 Å². The number of morpholine rings is 1. The molecule has 2 saturated heterocycles. The normalized spacial score (nSPS) is 18.4. The average molecular weight is 538 g/mol. The maximum absolute atomic E-state index is 13.1. The fourth-order valence-electron chi connectivity index (χ4n) is 4.30. The van der Waals surface area contributed by atoms with Gasteiger partial charge in [-0.05, 0) is 55.3 Å². The number of hydrogen-bond donors (Lipinski definition) is 1. The Hall–Kier alpha value is -2.51. The third kappa shape index (κ3) is 5.73. The lowest BCUT2D eigenvalue weighted by molar-refractivity contribution is 0.0730. The minimum atomic E-state index is -3.80. The molecule has 0 unspecified atom stereocenters. The average Bonchev–Trinajstić information content (AvgIpc) is 3.19. The Morgan fingerprint density at radius 1 is 0.806 bits per heavy atom. The number of methoxy groups -OCH3 is 1. The molecule has 0 saturated carbocycles. The van der Waals surface area contributed by atoms with Crippen LogP contribution in [-0.2, 0) is 24.8 Å². The summed E-state index contributed by atoms with van der Waals surface area (Å²) in [6, 6.07) is 10.1. The smallest absolute Gasteiger partial charge is 0.259 e. The molecule has 2 aliphatic rings. The molecule has 2 heterocycles. The monoisotopic (exact) mass is 537 g/mol. The van der Waals surface area contributed by atoms with Gasteiger partial charge in [0.15, 0.2) is 0 Å². The van der Waals surface area contributed by atoms with Gasteiger partial charge in [0.25, 0.3) is 5.91 Å². The fourth-order valence-corrected chi connectivity index (χ4v) is 7.25. The van der Waals surface area contributed by atoms with Crippen molar-refractivity contribution in [3.8, 4) is 5.75 Å². The van der Waals surface area contributed by atoms with E-state index in [2.05, 4.69) is 5.32 Å². The van der Waals surface area contributed by atoms with Crippen molar-refractivity contribution in [2.45, 2.75) is 35.5 Å². The van der Waals surface area contributed by atoms with Crippen molar-refractivity contribution < 1.29 is 31.1 Å². The number of rotatable bonds is 7. The summed E-state index contributed by atoms with van der Waals surface area (Å²) in [4.78, 5) is 13.2. The molecule has 12 heteroatoms. The van der Waals surface area contributed by atoms with Crippen LogP contribution >= 0.6 is 0 Å². The van der Waals surface area contributed by atoms with E-state index in [1.54, 1.807) is 0 Å². The van der Waals surface area contributed by atoms with Gasteiger partial charge in [-0.15, -0.1) is 0 Å². The van der Waals surface area contributed by atoms with Crippen LogP contribution in [0, 0.1) is 0 Å². The molecule has 36 heavy (non-hydrogen) atoms. The standard InChI is InChI=1S/C24H31N3O7S2/c1-33-23-11-10-21(36(31,32)27-14-16-34-17-15-27)18-22(23)24(28)25-19-6-8-20(9-7-19)35(29,30)26-12-4-2-3-5-13-26/h6-11,18H,2-5,12-17H2,1H3,(H,25,28). The fraction of sp³-hybridized carbons (Fsp3) is 0.458. The molecule has 196 valence electrons. The van der Waals surface area contributed by atoms with E-state index in [1.807, 2.05) is 0 Å². The van der Waals surface area contributed by atoms with Crippen LogP contribution in [0.1, 0.15) is 36.0 Å². The molecule has 0 atom stereocenters. The predicted octanol–water partition coefficient (Wildman–Crippen LogP) is 2.53. The number of nitrogens with one attached hydrogen (secondary N) is 1. The van der Waals surface area contributed by atoms with Crippen molar-refractivity contribution in [2.75, 3.05) is 51.8 Å². The van der Waals surface area contributed by atoms with E-state index in [-0.39, 0.29) is 34.2 Å². The number of benzene rings is 2. The third-order valence-electron chi connectivity index (χ3n) is 6.34. The molecule has 1 N–H and O–H groups in total. The highest BCUT2D eigenvalue weighted by Crippen LogP contribution is 2.27. The maximum atomic E-state index is 13.1. The van der Waals surface area contributed by atoms with E-state index in [1.165, 1.54) is 58.2 Å². The molecule has 10 nitrogen and oxygen atoms in total. The minimum Gasteiger partial charge on any atom is -0.496 e. The zero-order valence-corrected chi connectivity index (χ0v) is 21.8. The Morgan fingerprint density at radius 2 is 1.36 bits per heavy atom. The number of hydrogen-bond acceptors (Lipinski definition) is 7. The predicted molar refractivity (Wildman–Crippen MR) is 134 cm³/mol. The number of nitrogens with zero attached hydrogens (tertiary/aromatic N) is 2. The first-order valence-corrected chi connectivity index (χ1v) is 14.8. The zero-order chi connectivity index (χ0) is 25.8. The number of sulfonamides is 2. The first-order valence-electron chi connectivity index (χ1n) is 11.9. The lowest BCUT2D eigenvalue weighted by Crippen LogP contribution is -2.40. The second-order valence-corrected chi connectivity index (χ2v) is 12.6. The van der Waals surface area contributed by atoms with Gasteiger partial charge in [0.2, 0.25) is 20.0 Å². The highest BCUT2D eigenvalue weighted by molar-refractivity contribution is 7.89. The van der Waals surface area contributed by atoms with Crippen LogP contribution in [0.2, 0.25) is 0 Å². The Labute approximate surface area is 212 Å². The van der Waals surface area contributed by atoms with Crippen molar-refractivity contribution in [1.82, 2.24) is 8.61 Å². The maximum Gasteiger partial charge on any atom is 0.259 e. The lowest BCUT2D eigenvalue weighted by atomic mass is 10.2. The van der Waals surface area contributed by atoms with Gasteiger partial charge in [-0.25, -0.2) is 16.8 Å². The summed E-state index contributed by atoms with van der Waals surface area (Å²) in [6.07, 6.45) is 3.73. The van der Waals surface area contributed by atoms with Crippen molar-refractivity contribution in [3.05, 3.63) is 48.0 Å². The number of carbonyl (C=O) groups is 1. The van der Waals surface area contributed by atoms with E-state index < -0.39 is 26.0 Å². The molecular weight excluding hydrogens is 506 g/mol. The molecule has 2 aromatic rings. The molecule has 0 aromatic heterocycles. The summed E-state index contributed by atoms with van der Waals surface area (Å²) in [5.74, 6) is -0.359. The minimum absolute atomic E-state index is 0.0192. The van der Waals surface area contributed by atoms with Gasteiger partial charge in [-0.1, -0.05) is 12.8 Å².